The predicted molar refractivity (Wildman–Crippen MR) is 68.8 cm³/mol. The zero-order chi connectivity index (χ0) is 12.0. The summed E-state index contributed by atoms with van der Waals surface area (Å²) in [5.41, 5.74) is 2.41. The number of nitrogens with one attached hydrogen (secondary N) is 1. The van der Waals surface area contributed by atoms with Crippen LogP contribution in [-0.2, 0) is 0 Å². The molecule has 1 N–H and O–H groups in total. The molecule has 1 atom stereocenters. The van der Waals surface area contributed by atoms with E-state index in [-0.39, 0.29) is 0 Å². The minimum absolute atomic E-state index is 0.301. The van der Waals surface area contributed by atoms with Crippen molar-refractivity contribution in [2.45, 2.75) is 26.3 Å². The zero-order valence-electron chi connectivity index (χ0n) is 10.4. The van der Waals surface area contributed by atoms with Crippen molar-refractivity contribution in [3.63, 3.8) is 0 Å². The van der Waals surface area contributed by atoms with E-state index in [4.69, 9.17) is 4.74 Å². The highest BCUT2D eigenvalue weighted by Gasteiger charge is 2.09. The van der Waals surface area contributed by atoms with E-state index >= 15 is 0 Å². The lowest BCUT2D eigenvalue weighted by atomic mass is 10.1. The SMILES string of the molecule is C=C(C)CCN[C@H](C)c1ccccc1OC. The fraction of sp³-hybridized carbons (Fsp3) is 0.429. The molecule has 0 aromatic heterocycles. The van der Waals surface area contributed by atoms with Gasteiger partial charge in [0.05, 0.1) is 7.11 Å². The van der Waals surface area contributed by atoms with Crippen LogP contribution < -0.4 is 10.1 Å². The first-order valence-corrected chi connectivity index (χ1v) is 5.66. The van der Waals surface area contributed by atoms with Crippen LogP contribution in [-0.4, -0.2) is 13.7 Å². The van der Waals surface area contributed by atoms with Gasteiger partial charge in [0.2, 0.25) is 0 Å². The second-order valence-corrected chi connectivity index (χ2v) is 4.12. The van der Waals surface area contributed by atoms with Crippen LogP contribution in [0.3, 0.4) is 0 Å². The quantitative estimate of drug-likeness (QED) is 0.741. The summed E-state index contributed by atoms with van der Waals surface area (Å²) in [6.45, 7) is 9.05. The van der Waals surface area contributed by atoms with Gasteiger partial charge in [-0.25, -0.2) is 0 Å². The first kappa shape index (κ1) is 12.8. The van der Waals surface area contributed by atoms with E-state index in [9.17, 15) is 0 Å². The Balaban J connectivity index is 2.58. The normalized spacial score (nSPS) is 12.2. The van der Waals surface area contributed by atoms with E-state index in [1.807, 2.05) is 18.2 Å². The molecule has 0 unspecified atom stereocenters. The molecule has 2 nitrogen and oxygen atoms in total. The third-order valence-electron chi connectivity index (χ3n) is 2.61. The van der Waals surface area contributed by atoms with Crippen LogP contribution in [0.2, 0.25) is 0 Å². The molecular formula is C14H21NO. The van der Waals surface area contributed by atoms with Crippen LogP contribution >= 0.6 is 0 Å². The molecule has 0 aliphatic rings. The molecule has 0 bridgehead atoms. The van der Waals surface area contributed by atoms with Gasteiger partial charge in [0.1, 0.15) is 5.75 Å². The molecule has 0 spiro atoms. The van der Waals surface area contributed by atoms with Gasteiger partial charge in [-0.3, -0.25) is 0 Å². The molecule has 0 amide bonds. The Labute approximate surface area is 98.3 Å². The molecule has 0 saturated carbocycles. The van der Waals surface area contributed by atoms with E-state index in [1.54, 1.807) is 7.11 Å². The average Bonchev–Trinajstić information content (AvgIpc) is 2.28. The summed E-state index contributed by atoms with van der Waals surface area (Å²) in [6, 6.07) is 8.41. The Morgan fingerprint density at radius 3 is 2.75 bits per heavy atom. The molecule has 16 heavy (non-hydrogen) atoms. The summed E-state index contributed by atoms with van der Waals surface area (Å²) in [5.74, 6) is 0.942. The Hall–Kier alpha value is -1.28. The van der Waals surface area contributed by atoms with Gasteiger partial charge in [-0.2, -0.15) is 0 Å². The van der Waals surface area contributed by atoms with E-state index < -0.39 is 0 Å². The third-order valence-corrected chi connectivity index (χ3v) is 2.61. The van der Waals surface area contributed by atoms with E-state index in [0.29, 0.717) is 6.04 Å². The predicted octanol–water partition coefficient (Wildman–Crippen LogP) is 3.31. The van der Waals surface area contributed by atoms with Gasteiger partial charge in [-0.05, 0) is 32.9 Å². The molecule has 1 aromatic carbocycles. The van der Waals surface area contributed by atoms with Crippen molar-refractivity contribution >= 4 is 0 Å². The molecule has 0 aliphatic heterocycles. The fourth-order valence-electron chi connectivity index (χ4n) is 1.64. The first-order valence-electron chi connectivity index (χ1n) is 5.66. The van der Waals surface area contributed by atoms with Gasteiger partial charge in [0.15, 0.2) is 0 Å². The van der Waals surface area contributed by atoms with E-state index in [1.165, 1.54) is 11.1 Å². The topological polar surface area (TPSA) is 21.3 Å². The number of hydrogen-bond acceptors (Lipinski definition) is 2. The van der Waals surface area contributed by atoms with Gasteiger partial charge < -0.3 is 10.1 Å². The Kier molecular flexibility index (Phi) is 5.06. The lowest BCUT2D eigenvalue weighted by Gasteiger charge is -2.17. The number of rotatable bonds is 6. The summed E-state index contributed by atoms with van der Waals surface area (Å²) >= 11 is 0. The Morgan fingerprint density at radius 1 is 1.44 bits per heavy atom. The van der Waals surface area contributed by atoms with Crippen molar-refractivity contribution in [3.05, 3.63) is 42.0 Å². The second-order valence-electron chi connectivity index (χ2n) is 4.12. The van der Waals surface area contributed by atoms with Crippen molar-refractivity contribution in [3.8, 4) is 5.75 Å². The molecule has 1 aromatic rings. The molecule has 0 aliphatic carbocycles. The maximum Gasteiger partial charge on any atom is 0.123 e. The zero-order valence-corrected chi connectivity index (χ0v) is 10.4. The number of benzene rings is 1. The second kappa shape index (κ2) is 6.33. The fourth-order valence-corrected chi connectivity index (χ4v) is 1.64. The lowest BCUT2D eigenvalue weighted by Crippen LogP contribution is -2.20. The van der Waals surface area contributed by atoms with Crippen molar-refractivity contribution in [2.75, 3.05) is 13.7 Å². The third kappa shape index (κ3) is 3.70. The van der Waals surface area contributed by atoms with Crippen molar-refractivity contribution < 1.29 is 4.74 Å². The lowest BCUT2D eigenvalue weighted by molar-refractivity contribution is 0.402. The molecule has 0 heterocycles. The Bertz CT molecular complexity index is 346. The highest BCUT2D eigenvalue weighted by molar-refractivity contribution is 5.35. The largest absolute Gasteiger partial charge is 0.496 e. The monoisotopic (exact) mass is 219 g/mol. The van der Waals surface area contributed by atoms with Gasteiger partial charge in [0.25, 0.3) is 0 Å². The highest BCUT2D eigenvalue weighted by Crippen LogP contribution is 2.24. The number of ether oxygens (including phenoxy) is 1. The van der Waals surface area contributed by atoms with Crippen LogP contribution in [0.4, 0.5) is 0 Å². The molecular weight excluding hydrogens is 198 g/mol. The molecule has 2 heteroatoms. The number of methoxy groups -OCH3 is 1. The van der Waals surface area contributed by atoms with Crippen LogP contribution in [0.25, 0.3) is 0 Å². The number of para-hydroxylation sites is 1. The average molecular weight is 219 g/mol. The summed E-state index contributed by atoms with van der Waals surface area (Å²) in [6.07, 6.45) is 1.01. The highest BCUT2D eigenvalue weighted by atomic mass is 16.5. The molecule has 0 radical (unpaired) electrons. The van der Waals surface area contributed by atoms with Gasteiger partial charge >= 0.3 is 0 Å². The van der Waals surface area contributed by atoms with Crippen LogP contribution in [0.15, 0.2) is 36.4 Å². The summed E-state index contributed by atoms with van der Waals surface area (Å²) in [4.78, 5) is 0. The minimum atomic E-state index is 0.301. The summed E-state index contributed by atoms with van der Waals surface area (Å²) < 4.78 is 5.34. The Morgan fingerprint density at radius 2 is 2.12 bits per heavy atom. The van der Waals surface area contributed by atoms with Crippen molar-refractivity contribution in [1.29, 1.82) is 0 Å². The van der Waals surface area contributed by atoms with Crippen molar-refractivity contribution in [1.82, 2.24) is 5.32 Å². The summed E-state index contributed by atoms with van der Waals surface area (Å²) in [5, 5.41) is 3.46. The van der Waals surface area contributed by atoms with Crippen LogP contribution in [0.1, 0.15) is 31.9 Å². The minimum Gasteiger partial charge on any atom is -0.496 e. The van der Waals surface area contributed by atoms with Crippen LogP contribution in [0.5, 0.6) is 5.75 Å². The molecule has 1 rings (SSSR count). The van der Waals surface area contributed by atoms with Gasteiger partial charge in [-0.1, -0.05) is 23.8 Å². The van der Waals surface area contributed by atoms with Crippen LogP contribution in [0, 0.1) is 0 Å². The molecule has 0 saturated heterocycles. The molecule has 0 fully saturated rings. The van der Waals surface area contributed by atoms with Gasteiger partial charge in [0, 0.05) is 11.6 Å². The van der Waals surface area contributed by atoms with E-state index in [2.05, 4.69) is 31.8 Å². The first-order chi connectivity index (χ1) is 7.65. The number of hydrogen-bond donors (Lipinski definition) is 1. The van der Waals surface area contributed by atoms with Gasteiger partial charge in [-0.15, -0.1) is 6.58 Å². The van der Waals surface area contributed by atoms with Crippen molar-refractivity contribution in [2.24, 2.45) is 0 Å². The van der Waals surface area contributed by atoms with E-state index in [0.717, 1.165) is 18.7 Å². The maximum absolute atomic E-state index is 5.34. The standard InChI is InChI=1S/C14H21NO/c1-11(2)9-10-15-12(3)13-7-5-6-8-14(13)16-4/h5-8,12,15H,1,9-10H2,2-4H3/t12-/m1/s1. The maximum atomic E-state index is 5.34. The summed E-state index contributed by atoms with van der Waals surface area (Å²) in [7, 11) is 1.71. The molecule has 88 valence electrons. The smallest absolute Gasteiger partial charge is 0.123 e.